The Kier molecular flexibility index (Phi) is 2.88. The summed E-state index contributed by atoms with van der Waals surface area (Å²) in [7, 11) is 0. The van der Waals surface area contributed by atoms with Crippen LogP contribution in [-0.4, -0.2) is 26.9 Å². The largest absolute Gasteiger partial charge is 0.273 e. The normalized spacial score (nSPS) is 10.5. The summed E-state index contributed by atoms with van der Waals surface area (Å²) in [5, 5.41) is 7.79. The fraction of sp³-hybridized carbons (Fsp3) is 0.222. The molecule has 0 aliphatic rings. The van der Waals surface area contributed by atoms with E-state index in [9.17, 15) is 4.79 Å². The maximum absolute atomic E-state index is 11.3. The van der Waals surface area contributed by atoms with Crippen LogP contribution in [0.25, 0.3) is 10.7 Å². The van der Waals surface area contributed by atoms with Gasteiger partial charge in [0.25, 0.3) is 0 Å². The van der Waals surface area contributed by atoms with Gasteiger partial charge in [0.05, 0.1) is 0 Å². The lowest BCUT2D eigenvalue weighted by atomic mass is 10.5. The SMILES string of the molecule is CSc1cc(-c2nccs2)nn1C(C)=O. The van der Waals surface area contributed by atoms with Crippen molar-refractivity contribution < 1.29 is 4.79 Å². The van der Waals surface area contributed by atoms with Crippen molar-refractivity contribution in [3.8, 4) is 10.7 Å². The molecule has 0 bridgehead atoms. The van der Waals surface area contributed by atoms with Crippen molar-refractivity contribution in [3.05, 3.63) is 17.6 Å². The molecule has 0 radical (unpaired) electrons. The molecule has 2 aromatic heterocycles. The number of aromatic nitrogens is 3. The van der Waals surface area contributed by atoms with Gasteiger partial charge < -0.3 is 0 Å². The number of carbonyl (C=O) groups excluding carboxylic acids is 1. The molecule has 78 valence electrons. The number of thiazole rings is 1. The highest BCUT2D eigenvalue weighted by atomic mass is 32.2. The highest BCUT2D eigenvalue weighted by Crippen LogP contribution is 2.25. The second-order valence-electron chi connectivity index (χ2n) is 2.84. The van der Waals surface area contributed by atoms with Crippen LogP contribution in [0.2, 0.25) is 0 Å². The minimum Gasteiger partial charge on any atom is -0.273 e. The summed E-state index contributed by atoms with van der Waals surface area (Å²) in [6.45, 7) is 1.50. The zero-order valence-electron chi connectivity index (χ0n) is 8.30. The zero-order valence-corrected chi connectivity index (χ0v) is 9.93. The minimum atomic E-state index is -0.0813. The van der Waals surface area contributed by atoms with E-state index >= 15 is 0 Å². The Hall–Kier alpha value is -1.14. The maximum atomic E-state index is 11.3. The number of rotatable bonds is 2. The van der Waals surface area contributed by atoms with Gasteiger partial charge in [-0.25, -0.2) is 4.98 Å². The summed E-state index contributed by atoms with van der Waals surface area (Å²) < 4.78 is 1.40. The quantitative estimate of drug-likeness (QED) is 0.755. The lowest BCUT2D eigenvalue weighted by Crippen LogP contribution is -2.08. The second-order valence-corrected chi connectivity index (χ2v) is 4.56. The molecule has 2 rings (SSSR count). The van der Waals surface area contributed by atoms with Crippen molar-refractivity contribution in [2.24, 2.45) is 0 Å². The van der Waals surface area contributed by atoms with Gasteiger partial charge in [0, 0.05) is 24.6 Å². The van der Waals surface area contributed by atoms with E-state index in [1.165, 1.54) is 34.7 Å². The molecule has 0 aliphatic carbocycles. The Morgan fingerprint density at radius 2 is 2.40 bits per heavy atom. The lowest BCUT2D eigenvalue weighted by Gasteiger charge is -1.96. The average molecular weight is 239 g/mol. The zero-order chi connectivity index (χ0) is 10.8. The predicted octanol–water partition coefficient (Wildman–Crippen LogP) is 2.39. The molecule has 0 saturated heterocycles. The summed E-state index contributed by atoms with van der Waals surface area (Å²) in [5.74, 6) is -0.0813. The van der Waals surface area contributed by atoms with Gasteiger partial charge >= 0.3 is 0 Å². The van der Waals surface area contributed by atoms with E-state index in [1.54, 1.807) is 6.20 Å². The Morgan fingerprint density at radius 1 is 1.60 bits per heavy atom. The molecule has 2 aromatic rings. The average Bonchev–Trinajstić information content (AvgIpc) is 2.86. The molecule has 0 N–H and O–H groups in total. The van der Waals surface area contributed by atoms with Crippen LogP contribution in [0.1, 0.15) is 11.7 Å². The molecule has 0 saturated carbocycles. The second kappa shape index (κ2) is 4.16. The molecular weight excluding hydrogens is 230 g/mol. The van der Waals surface area contributed by atoms with E-state index < -0.39 is 0 Å². The number of nitrogens with zero attached hydrogens (tertiary/aromatic N) is 3. The van der Waals surface area contributed by atoms with Gasteiger partial charge in [-0.2, -0.15) is 9.78 Å². The van der Waals surface area contributed by atoms with Crippen molar-refractivity contribution in [2.45, 2.75) is 11.9 Å². The first-order chi connectivity index (χ1) is 7.22. The molecule has 4 nitrogen and oxygen atoms in total. The smallest absolute Gasteiger partial charge is 0.244 e. The summed E-state index contributed by atoms with van der Waals surface area (Å²) >= 11 is 3.01. The molecule has 0 spiro atoms. The molecule has 15 heavy (non-hydrogen) atoms. The van der Waals surface area contributed by atoms with Crippen LogP contribution in [0.3, 0.4) is 0 Å². The van der Waals surface area contributed by atoms with Gasteiger partial charge in [0.15, 0.2) is 0 Å². The standard InChI is InChI=1S/C9H9N3OS2/c1-6(13)12-8(14-2)5-7(11-12)9-10-3-4-15-9/h3-5H,1-2H3. The Bertz CT molecular complexity index is 476. The first-order valence-electron chi connectivity index (χ1n) is 4.27. The van der Waals surface area contributed by atoms with E-state index in [1.807, 2.05) is 17.7 Å². The van der Waals surface area contributed by atoms with E-state index in [4.69, 9.17) is 0 Å². The summed E-state index contributed by atoms with van der Waals surface area (Å²) in [5.41, 5.74) is 0.754. The number of thioether (sulfide) groups is 1. The summed E-state index contributed by atoms with van der Waals surface area (Å²) in [4.78, 5) is 15.4. The van der Waals surface area contributed by atoms with Gasteiger partial charge in [-0.15, -0.1) is 23.1 Å². The summed E-state index contributed by atoms with van der Waals surface area (Å²) in [6, 6.07) is 1.88. The van der Waals surface area contributed by atoms with Crippen LogP contribution in [0.15, 0.2) is 22.7 Å². The first-order valence-corrected chi connectivity index (χ1v) is 6.37. The topological polar surface area (TPSA) is 47.8 Å². The predicted molar refractivity (Wildman–Crippen MR) is 61.4 cm³/mol. The summed E-state index contributed by atoms with van der Waals surface area (Å²) in [6.07, 6.45) is 3.65. The van der Waals surface area contributed by atoms with Crippen LogP contribution in [0.4, 0.5) is 0 Å². The van der Waals surface area contributed by atoms with Crippen molar-refractivity contribution in [2.75, 3.05) is 6.26 Å². The Balaban J connectivity index is 2.48. The van der Waals surface area contributed by atoms with E-state index in [0.717, 1.165) is 15.7 Å². The molecule has 0 aromatic carbocycles. The first kappa shape index (κ1) is 10.4. The van der Waals surface area contributed by atoms with Crippen molar-refractivity contribution in [1.29, 1.82) is 0 Å². The number of hydrogen-bond acceptors (Lipinski definition) is 5. The highest BCUT2D eigenvalue weighted by molar-refractivity contribution is 7.98. The molecular formula is C9H9N3OS2. The number of hydrogen-bond donors (Lipinski definition) is 0. The molecule has 6 heteroatoms. The molecule has 0 unspecified atom stereocenters. The van der Waals surface area contributed by atoms with E-state index in [2.05, 4.69) is 10.1 Å². The molecule has 0 atom stereocenters. The van der Waals surface area contributed by atoms with Crippen molar-refractivity contribution in [1.82, 2.24) is 14.8 Å². The molecule has 2 heterocycles. The molecule has 0 fully saturated rings. The fourth-order valence-corrected chi connectivity index (χ4v) is 2.35. The minimum absolute atomic E-state index is 0.0813. The van der Waals surface area contributed by atoms with E-state index in [-0.39, 0.29) is 5.91 Å². The monoisotopic (exact) mass is 239 g/mol. The van der Waals surface area contributed by atoms with Crippen LogP contribution in [0, 0.1) is 0 Å². The third-order valence-corrected chi connectivity index (χ3v) is 3.34. The fourth-order valence-electron chi connectivity index (χ4n) is 1.19. The maximum Gasteiger partial charge on any atom is 0.244 e. The third kappa shape index (κ3) is 1.95. The lowest BCUT2D eigenvalue weighted by molar-refractivity contribution is 0.0911. The van der Waals surface area contributed by atoms with Gasteiger partial charge in [-0.3, -0.25) is 4.79 Å². The van der Waals surface area contributed by atoms with Gasteiger partial charge in [0.2, 0.25) is 5.91 Å². The highest BCUT2D eigenvalue weighted by Gasteiger charge is 2.12. The van der Waals surface area contributed by atoms with Gasteiger partial charge in [0.1, 0.15) is 15.7 Å². The molecule has 0 aliphatic heterocycles. The van der Waals surface area contributed by atoms with Crippen LogP contribution in [-0.2, 0) is 0 Å². The van der Waals surface area contributed by atoms with Crippen LogP contribution in [0.5, 0.6) is 0 Å². The third-order valence-electron chi connectivity index (χ3n) is 1.84. The number of carbonyl (C=O) groups is 1. The van der Waals surface area contributed by atoms with Gasteiger partial charge in [-0.1, -0.05) is 0 Å². The Morgan fingerprint density at radius 3 is 2.87 bits per heavy atom. The van der Waals surface area contributed by atoms with Crippen LogP contribution < -0.4 is 0 Å². The van der Waals surface area contributed by atoms with E-state index in [0.29, 0.717) is 0 Å². The Labute approximate surface area is 95.3 Å². The van der Waals surface area contributed by atoms with Gasteiger partial charge in [-0.05, 0) is 6.26 Å². The van der Waals surface area contributed by atoms with Crippen LogP contribution >= 0.6 is 23.1 Å². The van der Waals surface area contributed by atoms with Crippen molar-refractivity contribution in [3.63, 3.8) is 0 Å². The molecule has 0 amide bonds. The van der Waals surface area contributed by atoms with Crippen molar-refractivity contribution >= 4 is 29.0 Å².